The summed E-state index contributed by atoms with van der Waals surface area (Å²) >= 11 is 6.13. The van der Waals surface area contributed by atoms with Crippen molar-refractivity contribution >= 4 is 23.4 Å². The zero-order chi connectivity index (χ0) is 22.1. The first kappa shape index (κ1) is 20.9. The Bertz CT molecular complexity index is 1060. The van der Waals surface area contributed by atoms with Crippen LogP contribution in [0, 0.1) is 0 Å². The van der Waals surface area contributed by atoms with Gasteiger partial charge in [0.05, 0.1) is 6.54 Å². The lowest BCUT2D eigenvalue weighted by molar-refractivity contribution is -0.132. The first-order valence-corrected chi connectivity index (χ1v) is 11.3. The van der Waals surface area contributed by atoms with Gasteiger partial charge in [0, 0.05) is 35.5 Å². The number of nitrogens with zero attached hydrogens (tertiary/aromatic N) is 1. The van der Waals surface area contributed by atoms with E-state index in [4.69, 9.17) is 25.8 Å². The Balaban J connectivity index is 1.27. The van der Waals surface area contributed by atoms with Crippen molar-refractivity contribution in [1.29, 1.82) is 0 Å². The van der Waals surface area contributed by atoms with E-state index in [1.54, 1.807) is 6.07 Å². The molecule has 32 heavy (non-hydrogen) atoms. The third-order valence-electron chi connectivity index (χ3n) is 6.39. The largest absolute Gasteiger partial charge is 0.491 e. The van der Waals surface area contributed by atoms with Gasteiger partial charge in [-0.3, -0.25) is 9.59 Å². The molecule has 0 aromatic heterocycles. The second kappa shape index (κ2) is 8.54. The van der Waals surface area contributed by atoms with Crippen LogP contribution >= 0.6 is 11.6 Å². The highest BCUT2D eigenvalue weighted by Gasteiger charge is 2.38. The van der Waals surface area contributed by atoms with Gasteiger partial charge in [-0.05, 0) is 55.2 Å². The molecule has 1 fully saturated rings. The van der Waals surface area contributed by atoms with Crippen LogP contribution in [0.1, 0.15) is 36.8 Å². The Kier molecular flexibility index (Phi) is 5.59. The molecule has 2 aromatic carbocycles. The van der Waals surface area contributed by atoms with E-state index in [1.165, 1.54) is 0 Å². The van der Waals surface area contributed by atoms with Crippen molar-refractivity contribution < 1.29 is 23.8 Å². The van der Waals surface area contributed by atoms with Crippen molar-refractivity contribution in [2.75, 3.05) is 19.9 Å². The van der Waals surface area contributed by atoms with Gasteiger partial charge in [-0.25, -0.2) is 0 Å². The molecular weight excluding hydrogens is 432 g/mol. The van der Waals surface area contributed by atoms with Gasteiger partial charge in [-0.15, -0.1) is 0 Å². The summed E-state index contributed by atoms with van der Waals surface area (Å²) in [6.45, 7) is 1.66. The normalized spacial score (nSPS) is 21.5. The first-order valence-electron chi connectivity index (χ1n) is 10.9. The van der Waals surface area contributed by atoms with Crippen LogP contribution in [0.25, 0.3) is 0 Å². The van der Waals surface area contributed by atoms with Crippen molar-refractivity contribution in [3.63, 3.8) is 0 Å². The number of fused-ring (bicyclic) bond motifs is 2. The summed E-state index contributed by atoms with van der Waals surface area (Å²) in [5, 5.41) is 3.78. The Morgan fingerprint density at radius 1 is 1.09 bits per heavy atom. The molecule has 0 bridgehead atoms. The summed E-state index contributed by atoms with van der Waals surface area (Å²) in [6.07, 6.45) is 2.74. The van der Waals surface area contributed by atoms with E-state index in [0.717, 1.165) is 28.4 Å². The van der Waals surface area contributed by atoms with Crippen LogP contribution in [0.2, 0.25) is 5.02 Å². The number of rotatable bonds is 5. The van der Waals surface area contributed by atoms with Crippen molar-refractivity contribution in [3.05, 3.63) is 52.5 Å². The fourth-order valence-corrected chi connectivity index (χ4v) is 4.90. The third-order valence-corrected chi connectivity index (χ3v) is 6.62. The molecule has 0 radical (unpaired) electrons. The molecule has 1 atom stereocenters. The van der Waals surface area contributed by atoms with Gasteiger partial charge in [0.1, 0.15) is 12.4 Å². The van der Waals surface area contributed by atoms with Gasteiger partial charge < -0.3 is 24.4 Å². The Morgan fingerprint density at radius 3 is 2.78 bits per heavy atom. The average molecular weight is 457 g/mol. The highest BCUT2D eigenvalue weighted by molar-refractivity contribution is 6.30. The van der Waals surface area contributed by atoms with Crippen molar-refractivity contribution in [3.8, 4) is 17.2 Å². The highest BCUT2D eigenvalue weighted by Crippen LogP contribution is 2.36. The quantitative estimate of drug-likeness (QED) is 0.745. The van der Waals surface area contributed by atoms with E-state index >= 15 is 0 Å². The Morgan fingerprint density at radius 2 is 1.94 bits per heavy atom. The van der Waals surface area contributed by atoms with E-state index in [2.05, 4.69) is 5.32 Å². The molecule has 3 aliphatic rings. The van der Waals surface area contributed by atoms with Crippen LogP contribution < -0.4 is 19.5 Å². The second-order valence-electron chi connectivity index (χ2n) is 8.61. The number of hydrogen-bond donors (Lipinski definition) is 1. The van der Waals surface area contributed by atoms with Gasteiger partial charge in [0.2, 0.25) is 18.6 Å². The number of carbonyl (C=O) groups is 2. The topological polar surface area (TPSA) is 77.1 Å². The van der Waals surface area contributed by atoms with E-state index in [1.807, 2.05) is 35.2 Å². The number of halogens is 1. The third kappa shape index (κ3) is 4.35. The van der Waals surface area contributed by atoms with Crippen LogP contribution in [0.15, 0.2) is 36.4 Å². The maximum Gasteiger partial charge on any atom is 0.231 e. The van der Waals surface area contributed by atoms with Gasteiger partial charge in [0.15, 0.2) is 11.5 Å². The molecule has 0 unspecified atom stereocenters. The highest BCUT2D eigenvalue weighted by atomic mass is 35.5. The molecule has 2 amide bonds. The van der Waals surface area contributed by atoms with E-state index < -0.39 is 5.54 Å². The zero-order valence-corrected chi connectivity index (χ0v) is 18.5. The standard InChI is InChI=1S/C24H25ClN2O5/c25-18-2-4-19-17(12-18)14-27(9-10-30-19)23(29)6-8-24(7-5-22(28)26-24)13-16-1-3-20-21(11-16)32-15-31-20/h1-4,11-12H,5-10,13-15H2,(H,26,28)/t24-/m1/s1. The van der Waals surface area contributed by atoms with Gasteiger partial charge in [-0.1, -0.05) is 17.7 Å². The predicted octanol–water partition coefficient (Wildman–Crippen LogP) is 3.46. The Labute approximate surface area is 191 Å². The molecule has 3 aliphatic heterocycles. The summed E-state index contributed by atoms with van der Waals surface area (Å²) in [4.78, 5) is 27.0. The SMILES string of the molecule is O=C1CC[C@@](CCC(=O)N2CCOc3ccc(Cl)cc3C2)(Cc2ccc3c(c2)OCO3)N1. The summed E-state index contributed by atoms with van der Waals surface area (Å²) in [5.74, 6) is 2.31. The molecule has 8 heteroatoms. The van der Waals surface area contributed by atoms with Crippen molar-refractivity contribution in [2.24, 2.45) is 0 Å². The van der Waals surface area contributed by atoms with Crippen LogP contribution in [0.4, 0.5) is 0 Å². The van der Waals surface area contributed by atoms with Crippen LogP contribution in [-0.4, -0.2) is 42.2 Å². The summed E-state index contributed by atoms with van der Waals surface area (Å²) in [6, 6.07) is 11.3. The number of amides is 2. The molecule has 1 N–H and O–H groups in total. The van der Waals surface area contributed by atoms with E-state index in [-0.39, 0.29) is 18.6 Å². The van der Waals surface area contributed by atoms with E-state index in [9.17, 15) is 9.59 Å². The Hall–Kier alpha value is -2.93. The van der Waals surface area contributed by atoms with Gasteiger partial charge in [-0.2, -0.15) is 0 Å². The fourth-order valence-electron chi connectivity index (χ4n) is 4.70. The minimum Gasteiger partial charge on any atom is -0.491 e. The molecule has 168 valence electrons. The van der Waals surface area contributed by atoms with Crippen molar-refractivity contribution in [1.82, 2.24) is 10.2 Å². The van der Waals surface area contributed by atoms with Crippen molar-refractivity contribution in [2.45, 2.75) is 44.2 Å². The van der Waals surface area contributed by atoms with Gasteiger partial charge >= 0.3 is 0 Å². The van der Waals surface area contributed by atoms with E-state index in [0.29, 0.717) is 56.8 Å². The molecule has 0 saturated carbocycles. The lowest BCUT2D eigenvalue weighted by atomic mass is 9.84. The second-order valence-corrected chi connectivity index (χ2v) is 9.05. The summed E-state index contributed by atoms with van der Waals surface area (Å²) < 4.78 is 16.7. The molecular formula is C24H25ClN2O5. The summed E-state index contributed by atoms with van der Waals surface area (Å²) in [7, 11) is 0. The van der Waals surface area contributed by atoms with Crippen LogP contribution in [-0.2, 0) is 22.6 Å². The maximum absolute atomic E-state index is 13.1. The zero-order valence-electron chi connectivity index (χ0n) is 17.7. The predicted molar refractivity (Wildman–Crippen MR) is 118 cm³/mol. The maximum atomic E-state index is 13.1. The molecule has 2 aromatic rings. The van der Waals surface area contributed by atoms with Crippen LogP contribution in [0.3, 0.4) is 0 Å². The van der Waals surface area contributed by atoms with Crippen LogP contribution in [0.5, 0.6) is 17.2 Å². The minimum atomic E-state index is -0.440. The molecule has 0 aliphatic carbocycles. The summed E-state index contributed by atoms with van der Waals surface area (Å²) in [5.41, 5.74) is 1.52. The molecule has 5 rings (SSSR count). The van der Waals surface area contributed by atoms with Gasteiger partial charge in [0.25, 0.3) is 0 Å². The lowest BCUT2D eigenvalue weighted by Crippen LogP contribution is -2.45. The molecule has 3 heterocycles. The molecule has 1 saturated heterocycles. The average Bonchev–Trinajstić information content (AvgIpc) is 3.32. The molecule has 7 nitrogen and oxygen atoms in total. The lowest BCUT2D eigenvalue weighted by Gasteiger charge is -2.30. The first-order chi connectivity index (χ1) is 15.5. The number of carbonyl (C=O) groups excluding carboxylic acids is 2. The number of nitrogens with one attached hydrogen (secondary N) is 1. The number of hydrogen-bond acceptors (Lipinski definition) is 5. The minimum absolute atomic E-state index is 0.0323. The number of benzene rings is 2. The molecule has 0 spiro atoms. The smallest absolute Gasteiger partial charge is 0.231 e. The number of ether oxygens (including phenoxy) is 3. The monoisotopic (exact) mass is 456 g/mol. The fraction of sp³-hybridized carbons (Fsp3) is 0.417.